The van der Waals surface area contributed by atoms with E-state index in [4.69, 9.17) is 4.74 Å². The standard InChI is InChI=1S/C30H32BrN3O3/c31-24-11-9-22(10-12-24)13-16-32-30(36)26-6-2-1-5-25(26)23-14-17-33(18-15-23)19-20-34-27-7-3-4-8-28(27)37-21-29(34)35/h1-12,23H,13-21H2,(H,32,36). The van der Waals surface area contributed by atoms with E-state index in [1.54, 1.807) is 0 Å². The number of nitrogens with one attached hydrogen (secondary N) is 1. The van der Waals surface area contributed by atoms with Gasteiger partial charge in [-0.15, -0.1) is 0 Å². The molecule has 3 aromatic carbocycles. The Morgan fingerprint density at radius 3 is 2.49 bits per heavy atom. The lowest BCUT2D eigenvalue weighted by atomic mass is 9.86. The summed E-state index contributed by atoms with van der Waals surface area (Å²) in [5.41, 5.74) is 3.98. The van der Waals surface area contributed by atoms with Gasteiger partial charge in [-0.1, -0.05) is 58.4 Å². The van der Waals surface area contributed by atoms with Gasteiger partial charge in [0.2, 0.25) is 0 Å². The fraction of sp³-hybridized carbons (Fsp3) is 0.333. The van der Waals surface area contributed by atoms with Gasteiger partial charge in [0.05, 0.1) is 5.69 Å². The monoisotopic (exact) mass is 561 g/mol. The number of halogens is 1. The van der Waals surface area contributed by atoms with Crippen LogP contribution in [-0.2, 0) is 11.2 Å². The largest absolute Gasteiger partial charge is 0.482 e. The highest BCUT2D eigenvalue weighted by Crippen LogP contribution is 2.33. The molecule has 0 aromatic heterocycles. The van der Waals surface area contributed by atoms with Crippen molar-refractivity contribution in [2.24, 2.45) is 0 Å². The summed E-state index contributed by atoms with van der Waals surface area (Å²) in [5.74, 6) is 1.14. The van der Waals surface area contributed by atoms with Gasteiger partial charge in [0.1, 0.15) is 5.75 Å². The Morgan fingerprint density at radius 2 is 1.68 bits per heavy atom. The van der Waals surface area contributed by atoms with Crippen molar-refractivity contribution in [2.45, 2.75) is 25.2 Å². The zero-order valence-corrected chi connectivity index (χ0v) is 22.5. The van der Waals surface area contributed by atoms with E-state index in [0.717, 1.165) is 65.9 Å². The molecule has 0 radical (unpaired) electrons. The lowest BCUT2D eigenvalue weighted by molar-refractivity contribution is -0.121. The van der Waals surface area contributed by atoms with Crippen LogP contribution in [0.1, 0.15) is 40.2 Å². The number of amides is 2. The number of fused-ring (bicyclic) bond motifs is 1. The molecular formula is C30H32BrN3O3. The van der Waals surface area contributed by atoms with Crippen LogP contribution in [0.4, 0.5) is 5.69 Å². The number of anilines is 1. The molecule has 2 heterocycles. The smallest absolute Gasteiger partial charge is 0.265 e. The van der Waals surface area contributed by atoms with Crippen LogP contribution in [0.5, 0.6) is 5.75 Å². The molecule has 6 nitrogen and oxygen atoms in total. The van der Waals surface area contributed by atoms with Crippen molar-refractivity contribution in [3.05, 3.63) is 94.0 Å². The van der Waals surface area contributed by atoms with Gasteiger partial charge in [0.25, 0.3) is 11.8 Å². The van der Waals surface area contributed by atoms with E-state index in [-0.39, 0.29) is 18.4 Å². The van der Waals surface area contributed by atoms with Gasteiger partial charge in [-0.3, -0.25) is 9.59 Å². The molecule has 1 saturated heterocycles. The number of likely N-dealkylation sites (tertiary alicyclic amines) is 1. The predicted molar refractivity (Wildman–Crippen MR) is 149 cm³/mol. The summed E-state index contributed by atoms with van der Waals surface area (Å²) in [5, 5.41) is 3.11. The maximum atomic E-state index is 13.0. The molecule has 3 aromatic rings. The third-order valence-electron chi connectivity index (χ3n) is 7.29. The zero-order chi connectivity index (χ0) is 25.6. The van der Waals surface area contributed by atoms with Crippen LogP contribution in [0.3, 0.4) is 0 Å². The van der Waals surface area contributed by atoms with Crippen LogP contribution in [0.25, 0.3) is 0 Å². The molecule has 0 aliphatic carbocycles. The third kappa shape index (κ3) is 6.22. The average molecular weight is 563 g/mol. The van der Waals surface area contributed by atoms with Gasteiger partial charge in [0, 0.05) is 29.7 Å². The maximum absolute atomic E-state index is 13.0. The van der Waals surface area contributed by atoms with Gasteiger partial charge in [-0.25, -0.2) is 0 Å². The number of piperidine rings is 1. The van der Waals surface area contributed by atoms with Crippen molar-refractivity contribution < 1.29 is 14.3 Å². The van der Waals surface area contributed by atoms with Gasteiger partial charge in [0.15, 0.2) is 6.61 Å². The van der Waals surface area contributed by atoms with Gasteiger partial charge >= 0.3 is 0 Å². The van der Waals surface area contributed by atoms with Crippen LogP contribution in [0, 0.1) is 0 Å². The summed E-state index contributed by atoms with van der Waals surface area (Å²) in [6.45, 7) is 4.08. The topological polar surface area (TPSA) is 61.9 Å². The summed E-state index contributed by atoms with van der Waals surface area (Å²) in [7, 11) is 0. The molecule has 5 rings (SSSR count). The molecule has 7 heteroatoms. The van der Waals surface area contributed by atoms with Gasteiger partial charge in [-0.2, -0.15) is 0 Å². The number of nitrogens with zero attached hydrogens (tertiary/aromatic N) is 2. The Bertz CT molecular complexity index is 1240. The normalized spacial score (nSPS) is 16.2. The SMILES string of the molecule is O=C(NCCc1ccc(Br)cc1)c1ccccc1C1CCN(CCN2C(=O)COc3ccccc32)CC1. The molecular weight excluding hydrogens is 530 g/mol. The highest BCUT2D eigenvalue weighted by Gasteiger charge is 2.28. The first-order chi connectivity index (χ1) is 18.1. The quantitative estimate of drug-likeness (QED) is 0.419. The van der Waals surface area contributed by atoms with E-state index in [9.17, 15) is 9.59 Å². The molecule has 0 bridgehead atoms. The summed E-state index contributed by atoms with van der Waals surface area (Å²) in [4.78, 5) is 29.8. The van der Waals surface area contributed by atoms with E-state index < -0.39 is 0 Å². The number of hydrogen-bond acceptors (Lipinski definition) is 4. The van der Waals surface area contributed by atoms with Crippen molar-refractivity contribution in [2.75, 3.05) is 44.2 Å². The van der Waals surface area contributed by atoms with Crippen molar-refractivity contribution in [1.82, 2.24) is 10.2 Å². The highest BCUT2D eigenvalue weighted by atomic mass is 79.9. The summed E-state index contributed by atoms with van der Waals surface area (Å²) < 4.78 is 6.62. The minimum absolute atomic E-state index is 0.000337. The second-order valence-corrected chi connectivity index (χ2v) is 10.6. The number of carbonyl (C=O) groups is 2. The van der Waals surface area contributed by atoms with Crippen molar-refractivity contribution in [1.29, 1.82) is 0 Å². The second kappa shape index (κ2) is 11.9. The summed E-state index contributed by atoms with van der Waals surface area (Å²) >= 11 is 3.46. The van der Waals surface area contributed by atoms with Gasteiger partial charge < -0.3 is 19.9 Å². The number of para-hydroxylation sites is 2. The van der Waals surface area contributed by atoms with Crippen molar-refractivity contribution in [3.8, 4) is 5.75 Å². The molecule has 2 amide bonds. The molecule has 0 unspecified atom stereocenters. The van der Waals surface area contributed by atoms with Gasteiger partial charge in [-0.05, 0) is 79.7 Å². The Hall–Kier alpha value is -3.16. The average Bonchev–Trinajstić information content (AvgIpc) is 2.94. The minimum Gasteiger partial charge on any atom is -0.482 e. The molecule has 0 spiro atoms. The Morgan fingerprint density at radius 1 is 0.946 bits per heavy atom. The fourth-order valence-electron chi connectivity index (χ4n) is 5.23. The number of benzene rings is 3. The molecule has 37 heavy (non-hydrogen) atoms. The van der Waals surface area contributed by atoms with E-state index in [0.29, 0.717) is 19.0 Å². The van der Waals surface area contributed by atoms with E-state index in [2.05, 4.69) is 44.3 Å². The van der Waals surface area contributed by atoms with Crippen molar-refractivity contribution >= 4 is 33.4 Å². The number of ether oxygens (including phenoxy) is 1. The van der Waals surface area contributed by atoms with Crippen LogP contribution in [-0.4, -0.2) is 56.0 Å². The summed E-state index contributed by atoms with van der Waals surface area (Å²) in [6.07, 6.45) is 2.79. The van der Waals surface area contributed by atoms with Crippen LogP contribution >= 0.6 is 15.9 Å². The molecule has 1 N–H and O–H groups in total. The molecule has 0 atom stereocenters. The summed E-state index contributed by atoms with van der Waals surface area (Å²) in [6, 6.07) is 23.9. The lowest BCUT2D eigenvalue weighted by Crippen LogP contribution is -2.45. The highest BCUT2D eigenvalue weighted by molar-refractivity contribution is 9.10. The number of carbonyl (C=O) groups excluding carboxylic acids is 2. The maximum Gasteiger partial charge on any atom is 0.265 e. The molecule has 1 fully saturated rings. The molecule has 2 aliphatic rings. The lowest BCUT2D eigenvalue weighted by Gasteiger charge is -2.35. The Balaban J connectivity index is 1.14. The number of rotatable bonds is 8. The first-order valence-electron chi connectivity index (χ1n) is 12.9. The van der Waals surface area contributed by atoms with Crippen LogP contribution < -0.4 is 15.0 Å². The Kier molecular flexibility index (Phi) is 8.21. The first-order valence-corrected chi connectivity index (χ1v) is 13.7. The Labute approximate surface area is 226 Å². The zero-order valence-electron chi connectivity index (χ0n) is 20.9. The second-order valence-electron chi connectivity index (χ2n) is 9.64. The number of hydrogen-bond donors (Lipinski definition) is 1. The fourth-order valence-corrected chi connectivity index (χ4v) is 5.50. The molecule has 192 valence electrons. The van der Waals surface area contributed by atoms with E-state index in [1.807, 2.05) is 59.5 Å². The predicted octanol–water partition coefficient (Wildman–Crippen LogP) is 5.03. The molecule has 2 aliphatic heterocycles. The molecule has 0 saturated carbocycles. The van der Waals surface area contributed by atoms with Crippen molar-refractivity contribution in [3.63, 3.8) is 0 Å². The van der Waals surface area contributed by atoms with Crippen LogP contribution in [0.15, 0.2) is 77.3 Å². The van der Waals surface area contributed by atoms with Crippen LogP contribution in [0.2, 0.25) is 0 Å². The third-order valence-corrected chi connectivity index (χ3v) is 7.82. The first kappa shape index (κ1) is 25.5. The minimum atomic E-state index is -0.000337. The van der Waals surface area contributed by atoms with E-state index in [1.165, 1.54) is 5.56 Å². The van der Waals surface area contributed by atoms with E-state index >= 15 is 0 Å².